The van der Waals surface area contributed by atoms with Crippen LogP contribution in [0.3, 0.4) is 0 Å². The summed E-state index contributed by atoms with van der Waals surface area (Å²) in [6.45, 7) is 4.34. The van der Waals surface area contributed by atoms with Crippen LogP contribution in [0.1, 0.15) is 12.5 Å². The Labute approximate surface area is 142 Å². The first-order valence-corrected chi connectivity index (χ1v) is 8.17. The molecule has 0 aliphatic carbocycles. The topological polar surface area (TPSA) is 23.6 Å². The van der Waals surface area contributed by atoms with Gasteiger partial charge in [0.1, 0.15) is 5.82 Å². The normalized spacial score (nSPS) is 15.5. The smallest absolute Gasteiger partial charge is 0.249 e. The lowest BCUT2D eigenvalue weighted by molar-refractivity contribution is -0.127. The van der Waals surface area contributed by atoms with Gasteiger partial charge in [0.2, 0.25) is 5.91 Å². The maximum Gasteiger partial charge on any atom is 0.249 e. The maximum atomic E-state index is 13.9. The zero-order chi connectivity index (χ0) is 16.9. The number of piperazine rings is 1. The van der Waals surface area contributed by atoms with Gasteiger partial charge in [-0.1, -0.05) is 42.5 Å². The molecule has 1 aliphatic heterocycles. The number of halogens is 1. The highest BCUT2D eigenvalue weighted by molar-refractivity contribution is 5.97. The Hall–Kier alpha value is -2.62. The Morgan fingerprint density at radius 1 is 0.958 bits per heavy atom. The summed E-state index contributed by atoms with van der Waals surface area (Å²) in [5.74, 6) is -0.163. The molecule has 3 rings (SSSR count). The van der Waals surface area contributed by atoms with Gasteiger partial charge >= 0.3 is 0 Å². The minimum atomic E-state index is -0.211. The van der Waals surface area contributed by atoms with Crippen molar-refractivity contribution in [1.82, 2.24) is 4.90 Å². The monoisotopic (exact) mass is 324 g/mol. The average molecular weight is 324 g/mol. The molecule has 0 aromatic heterocycles. The number of carbonyl (C=O) groups is 1. The zero-order valence-electron chi connectivity index (χ0n) is 13.8. The largest absolute Gasteiger partial charge is 0.366 e. The van der Waals surface area contributed by atoms with Crippen LogP contribution < -0.4 is 4.90 Å². The van der Waals surface area contributed by atoms with Crippen LogP contribution in [0.4, 0.5) is 10.1 Å². The van der Waals surface area contributed by atoms with E-state index in [1.54, 1.807) is 12.1 Å². The Morgan fingerprint density at radius 2 is 1.58 bits per heavy atom. The lowest BCUT2D eigenvalue weighted by Crippen LogP contribution is -2.49. The van der Waals surface area contributed by atoms with E-state index in [4.69, 9.17) is 0 Å². The Bertz CT molecular complexity index is 734. The fraction of sp³-hybridized carbons (Fsp3) is 0.250. The van der Waals surface area contributed by atoms with Gasteiger partial charge in [-0.25, -0.2) is 4.39 Å². The van der Waals surface area contributed by atoms with Crippen LogP contribution in [0.25, 0.3) is 6.08 Å². The molecule has 124 valence electrons. The fourth-order valence-electron chi connectivity index (χ4n) is 2.97. The summed E-state index contributed by atoms with van der Waals surface area (Å²) in [4.78, 5) is 16.4. The average Bonchev–Trinajstić information content (AvgIpc) is 2.62. The molecule has 0 unspecified atom stereocenters. The number of carbonyl (C=O) groups excluding carboxylic acids is 1. The molecular formula is C20H21FN2O. The molecular weight excluding hydrogens is 303 g/mol. The molecule has 2 aromatic rings. The quantitative estimate of drug-likeness (QED) is 0.806. The van der Waals surface area contributed by atoms with Crippen molar-refractivity contribution in [3.8, 4) is 0 Å². The van der Waals surface area contributed by atoms with Crippen LogP contribution >= 0.6 is 0 Å². The van der Waals surface area contributed by atoms with Crippen molar-refractivity contribution in [2.24, 2.45) is 0 Å². The second kappa shape index (κ2) is 7.30. The number of nitrogens with zero attached hydrogens (tertiary/aromatic N) is 2. The Morgan fingerprint density at radius 3 is 2.25 bits per heavy atom. The maximum absolute atomic E-state index is 13.9. The number of hydrogen-bond donors (Lipinski definition) is 0. The molecule has 3 nitrogen and oxygen atoms in total. The first kappa shape index (κ1) is 16.2. The Kier molecular flexibility index (Phi) is 4.94. The summed E-state index contributed by atoms with van der Waals surface area (Å²) in [6, 6.07) is 16.6. The van der Waals surface area contributed by atoms with E-state index < -0.39 is 0 Å². The summed E-state index contributed by atoms with van der Waals surface area (Å²) in [7, 11) is 0. The minimum absolute atomic E-state index is 0.0482. The zero-order valence-corrected chi connectivity index (χ0v) is 13.8. The van der Waals surface area contributed by atoms with E-state index >= 15 is 0 Å². The molecule has 24 heavy (non-hydrogen) atoms. The second-order valence-corrected chi connectivity index (χ2v) is 5.97. The highest BCUT2D eigenvalue weighted by Crippen LogP contribution is 2.20. The van der Waals surface area contributed by atoms with Crippen molar-refractivity contribution in [3.63, 3.8) is 0 Å². The second-order valence-electron chi connectivity index (χ2n) is 5.97. The predicted octanol–water partition coefficient (Wildman–Crippen LogP) is 3.58. The third kappa shape index (κ3) is 3.65. The van der Waals surface area contributed by atoms with Gasteiger partial charge in [0.15, 0.2) is 0 Å². The number of benzene rings is 2. The van der Waals surface area contributed by atoms with Gasteiger partial charge in [0.05, 0.1) is 5.69 Å². The van der Waals surface area contributed by atoms with E-state index in [9.17, 15) is 9.18 Å². The van der Waals surface area contributed by atoms with E-state index in [1.807, 2.05) is 59.2 Å². The van der Waals surface area contributed by atoms with Crippen molar-refractivity contribution in [1.29, 1.82) is 0 Å². The van der Waals surface area contributed by atoms with Gasteiger partial charge in [-0.05, 0) is 30.7 Å². The van der Waals surface area contributed by atoms with Gasteiger partial charge in [0, 0.05) is 31.8 Å². The van der Waals surface area contributed by atoms with Crippen LogP contribution in [0.5, 0.6) is 0 Å². The van der Waals surface area contributed by atoms with Crippen LogP contribution in [-0.2, 0) is 4.79 Å². The van der Waals surface area contributed by atoms with Crippen molar-refractivity contribution in [3.05, 3.63) is 71.6 Å². The highest BCUT2D eigenvalue weighted by Gasteiger charge is 2.23. The van der Waals surface area contributed by atoms with Crippen molar-refractivity contribution in [2.75, 3.05) is 31.1 Å². The van der Waals surface area contributed by atoms with E-state index in [0.717, 1.165) is 11.1 Å². The summed E-state index contributed by atoms with van der Waals surface area (Å²) < 4.78 is 13.9. The Balaban J connectivity index is 1.63. The number of rotatable bonds is 3. The van der Waals surface area contributed by atoms with Crippen LogP contribution in [0.15, 0.2) is 60.2 Å². The molecule has 1 amide bonds. The fourth-order valence-corrected chi connectivity index (χ4v) is 2.97. The third-order valence-electron chi connectivity index (χ3n) is 4.28. The molecule has 0 atom stereocenters. The number of hydrogen-bond acceptors (Lipinski definition) is 2. The van der Waals surface area contributed by atoms with E-state index in [0.29, 0.717) is 31.9 Å². The molecule has 1 saturated heterocycles. The van der Waals surface area contributed by atoms with Crippen molar-refractivity contribution in [2.45, 2.75) is 6.92 Å². The highest BCUT2D eigenvalue weighted by atomic mass is 19.1. The van der Waals surface area contributed by atoms with Gasteiger partial charge < -0.3 is 9.80 Å². The van der Waals surface area contributed by atoms with E-state index in [1.165, 1.54) is 6.07 Å². The SMILES string of the molecule is C/C(=C/c1ccccc1)C(=O)N1CCN(c2ccccc2F)CC1. The number of amides is 1. The molecule has 0 bridgehead atoms. The van der Waals surface area contributed by atoms with E-state index in [2.05, 4.69) is 0 Å². The number of anilines is 1. The molecule has 0 spiro atoms. The van der Waals surface area contributed by atoms with Crippen LogP contribution in [0.2, 0.25) is 0 Å². The summed E-state index contributed by atoms with van der Waals surface area (Å²) >= 11 is 0. The standard InChI is InChI=1S/C20H21FN2O/c1-16(15-17-7-3-2-4-8-17)20(24)23-13-11-22(12-14-23)19-10-6-5-9-18(19)21/h2-10,15H,11-14H2,1H3/b16-15-. The molecule has 0 saturated carbocycles. The van der Waals surface area contributed by atoms with Crippen molar-refractivity contribution < 1.29 is 9.18 Å². The molecule has 2 aromatic carbocycles. The van der Waals surface area contributed by atoms with E-state index in [-0.39, 0.29) is 11.7 Å². The molecule has 4 heteroatoms. The van der Waals surface area contributed by atoms with Gasteiger partial charge in [-0.15, -0.1) is 0 Å². The lowest BCUT2D eigenvalue weighted by Gasteiger charge is -2.36. The molecule has 0 radical (unpaired) electrons. The molecule has 0 N–H and O–H groups in total. The molecule has 1 aliphatic rings. The molecule has 1 fully saturated rings. The first-order valence-electron chi connectivity index (χ1n) is 8.17. The first-order chi connectivity index (χ1) is 11.6. The molecule has 1 heterocycles. The minimum Gasteiger partial charge on any atom is -0.366 e. The predicted molar refractivity (Wildman–Crippen MR) is 95.3 cm³/mol. The summed E-state index contributed by atoms with van der Waals surface area (Å²) in [5.41, 5.74) is 2.36. The summed E-state index contributed by atoms with van der Waals surface area (Å²) in [5, 5.41) is 0. The van der Waals surface area contributed by atoms with Gasteiger partial charge in [-0.2, -0.15) is 0 Å². The van der Waals surface area contributed by atoms with Gasteiger partial charge in [-0.3, -0.25) is 4.79 Å². The van der Waals surface area contributed by atoms with Crippen molar-refractivity contribution >= 4 is 17.7 Å². The summed E-state index contributed by atoms with van der Waals surface area (Å²) in [6.07, 6.45) is 1.91. The van der Waals surface area contributed by atoms with Crippen LogP contribution in [-0.4, -0.2) is 37.0 Å². The number of para-hydroxylation sites is 1. The lowest BCUT2D eigenvalue weighted by atomic mass is 10.1. The third-order valence-corrected chi connectivity index (χ3v) is 4.28. The van der Waals surface area contributed by atoms with Crippen LogP contribution in [0, 0.1) is 5.82 Å². The van der Waals surface area contributed by atoms with Gasteiger partial charge in [0.25, 0.3) is 0 Å².